The fourth-order valence-corrected chi connectivity index (χ4v) is 3.32. The SMILES string of the molecule is CCNC(=NCc1ccc(CC)s1)NC1CCCC1. The van der Waals surface area contributed by atoms with Gasteiger partial charge in [-0.3, -0.25) is 0 Å². The molecular formula is C15H25N3S. The third-order valence-electron chi connectivity index (χ3n) is 3.50. The van der Waals surface area contributed by atoms with E-state index < -0.39 is 0 Å². The number of hydrogen-bond donors (Lipinski definition) is 2. The first kappa shape index (κ1) is 14.4. The summed E-state index contributed by atoms with van der Waals surface area (Å²) in [7, 11) is 0. The summed E-state index contributed by atoms with van der Waals surface area (Å²) in [5.41, 5.74) is 0. The van der Waals surface area contributed by atoms with Crippen molar-refractivity contribution in [2.24, 2.45) is 4.99 Å². The lowest BCUT2D eigenvalue weighted by Gasteiger charge is -2.16. The summed E-state index contributed by atoms with van der Waals surface area (Å²) in [6.45, 7) is 6.02. The highest BCUT2D eigenvalue weighted by Crippen LogP contribution is 2.19. The van der Waals surface area contributed by atoms with E-state index in [9.17, 15) is 0 Å². The quantitative estimate of drug-likeness (QED) is 0.641. The lowest BCUT2D eigenvalue weighted by atomic mass is 10.2. The maximum absolute atomic E-state index is 4.70. The summed E-state index contributed by atoms with van der Waals surface area (Å²) in [6, 6.07) is 5.03. The number of nitrogens with zero attached hydrogens (tertiary/aromatic N) is 1. The van der Waals surface area contributed by atoms with Crippen molar-refractivity contribution in [3.05, 3.63) is 21.9 Å². The predicted octanol–water partition coefficient (Wildman–Crippen LogP) is 3.31. The van der Waals surface area contributed by atoms with Crippen LogP contribution in [-0.4, -0.2) is 18.5 Å². The average molecular weight is 279 g/mol. The van der Waals surface area contributed by atoms with Crippen molar-refractivity contribution >= 4 is 17.3 Å². The lowest BCUT2D eigenvalue weighted by molar-refractivity contribution is 0.614. The first-order valence-corrected chi connectivity index (χ1v) is 8.26. The number of nitrogens with one attached hydrogen (secondary N) is 2. The van der Waals surface area contributed by atoms with Gasteiger partial charge >= 0.3 is 0 Å². The number of aliphatic imine (C=N–C) groups is 1. The van der Waals surface area contributed by atoms with Crippen molar-refractivity contribution in [3.63, 3.8) is 0 Å². The van der Waals surface area contributed by atoms with Gasteiger partial charge in [0, 0.05) is 22.3 Å². The Morgan fingerprint density at radius 2 is 2.00 bits per heavy atom. The Bertz CT molecular complexity index is 405. The van der Waals surface area contributed by atoms with Gasteiger partial charge < -0.3 is 10.6 Å². The molecule has 0 amide bonds. The Labute approximate surface area is 120 Å². The van der Waals surface area contributed by atoms with Crippen LogP contribution in [0.1, 0.15) is 49.3 Å². The first-order chi connectivity index (χ1) is 9.31. The zero-order valence-corrected chi connectivity index (χ0v) is 12.9. The van der Waals surface area contributed by atoms with E-state index in [4.69, 9.17) is 4.99 Å². The van der Waals surface area contributed by atoms with E-state index in [0.29, 0.717) is 6.04 Å². The molecule has 0 atom stereocenters. The Morgan fingerprint density at radius 3 is 2.63 bits per heavy atom. The molecule has 0 radical (unpaired) electrons. The van der Waals surface area contributed by atoms with Crippen LogP contribution in [0, 0.1) is 0 Å². The highest BCUT2D eigenvalue weighted by atomic mass is 32.1. The monoisotopic (exact) mass is 279 g/mol. The molecule has 1 aliphatic carbocycles. The molecule has 1 fully saturated rings. The van der Waals surface area contributed by atoms with Crippen LogP contribution in [0.15, 0.2) is 17.1 Å². The van der Waals surface area contributed by atoms with E-state index in [2.05, 4.69) is 36.6 Å². The molecule has 0 aliphatic heterocycles. The molecule has 0 spiro atoms. The smallest absolute Gasteiger partial charge is 0.191 e. The fourth-order valence-electron chi connectivity index (χ4n) is 2.44. The molecule has 1 aromatic rings. The second-order valence-electron chi connectivity index (χ2n) is 5.04. The molecule has 0 saturated heterocycles. The van der Waals surface area contributed by atoms with Crippen molar-refractivity contribution in [1.29, 1.82) is 0 Å². The van der Waals surface area contributed by atoms with E-state index in [0.717, 1.165) is 25.5 Å². The van der Waals surface area contributed by atoms with Gasteiger partial charge in [0.05, 0.1) is 6.54 Å². The maximum atomic E-state index is 4.70. The van der Waals surface area contributed by atoms with Gasteiger partial charge in [-0.2, -0.15) is 0 Å². The van der Waals surface area contributed by atoms with Crippen molar-refractivity contribution < 1.29 is 0 Å². The fraction of sp³-hybridized carbons (Fsp3) is 0.667. The van der Waals surface area contributed by atoms with E-state index in [-0.39, 0.29) is 0 Å². The standard InChI is InChI=1S/C15H25N3S/c1-3-13-9-10-14(19-13)11-17-15(16-4-2)18-12-7-5-6-8-12/h9-10,12H,3-8,11H2,1-2H3,(H2,16,17,18). The molecule has 0 unspecified atom stereocenters. The van der Waals surface area contributed by atoms with Gasteiger partial charge in [0.25, 0.3) is 0 Å². The average Bonchev–Trinajstić information content (AvgIpc) is 3.07. The van der Waals surface area contributed by atoms with Crippen LogP contribution in [0.5, 0.6) is 0 Å². The molecule has 1 heterocycles. The number of guanidine groups is 1. The summed E-state index contributed by atoms with van der Waals surface area (Å²) in [6.07, 6.45) is 6.38. The molecule has 19 heavy (non-hydrogen) atoms. The van der Waals surface area contributed by atoms with Crippen LogP contribution in [0.2, 0.25) is 0 Å². The summed E-state index contributed by atoms with van der Waals surface area (Å²) < 4.78 is 0. The van der Waals surface area contributed by atoms with E-state index in [1.165, 1.54) is 35.4 Å². The molecule has 106 valence electrons. The molecule has 1 saturated carbocycles. The Morgan fingerprint density at radius 1 is 1.26 bits per heavy atom. The molecule has 4 heteroatoms. The second kappa shape index (κ2) is 7.53. The summed E-state index contributed by atoms with van der Waals surface area (Å²) in [4.78, 5) is 7.49. The zero-order valence-electron chi connectivity index (χ0n) is 12.0. The van der Waals surface area contributed by atoms with Crippen LogP contribution in [0.3, 0.4) is 0 Å². The van der Waals surface area contributed by atoms with Crippen molar-refractivity contribution in [2.45, 2.75) is 58.5 Å². The number of hydrogen-bond acceptors (Lipinski definition) is 2. The molecule has 0 bridgehead atoms. The maximum Gasteiger partial charge on any atom is 0.191 e. The van der Waals surface area contributed by atoms with Crippen LogP contribution in [0.25, 0.3) is 0 Å². The molecule has 2 rings (SSSR count). The van der Waals surface area contributed by atoms with Gasteiger partial charge in [-0.25, -0.2) is 4.99 Å². The molecule has 0 aromatic carbocycles. The molecule has 3 nitrogen and oxygen atoms in total. The zero-order chi connectivity index (χ0) is 13.5. The molecular weight excluding hydrogens is 254 g/mol. The summed E-state index contributed by atoms with van der Waals surface area (Å²) >= 11 is 1.87. The van der Waals surface area contributed by atoms with Crippen molar-refractivity contribution in [2.75, 3.05) is 6.54 Å². The van der Waals surface area contributed by atoms with Gasteiger partial charge in [0.2, 0.25) is 0 Å². The van der Waals surface area contributed by atoms with Gasteiger partial charge in [-0.1, -0.05) is 19.8 Å². The van der Waals surface area contributed by atoms with Gasteiger partial charge in [-0.15, -0.1) is 11.3 Å². The van der Waals surface area contributed by atoms with Crippen LogP contribution >= 0.6 is 11.3 Å². The minimum absolute atomic E-state index is 0.618. The minimum Gasteiger partial charge on any atom is -0.357 e. The van der Waals surface area contributed by atoms with E-state index >= 15 is 0 Å². The van der Waals surface area contributed by atoms with Crippen LogP contribution in [-0.2, 0) is 13.0 Å². The van der Waals surface area contributed by atoms with Gasteiger partial charge in [0.1, 0.15) is 0 Å². The largest absolute Gasteiger partial charge is 0.357 e. The highest BCUT2D eigenvalue weighted by Gasteiger charge is 2.15. The number of thiophene rings is 1. The first-order valence-electron chi connectivity index (χ1n) is 7.44. The molecule has 1 aliphatic rings. The predicted molar refractivity (Wildman–Crippen MR) is 83.9 cm³/mol. The highest BCUT2D eigenvalue weighted by molar-refractivity contribution is 7.11. The number of aryl methyl sites for hydroxylation is 1. The molecule has 2 N–H and O–H groups in total. The van der Waals surface area contributed by atoms with Crippen LogP contribution < -0.4 is 10.6 Å². The van der Waals surface area contributed by atoms with E-state index in [1.807, 2.05) is 11.3 Å². The van der Waals surface area contributed by atoms with Gasteiger partial charge in [-0.05, 0) is 38.3 Å². The minimum atomic E-state index is 0.618. The second-order valence-corrected chi connectivity index (χ2v) is 6.30. The molecule has 1 aromatic heterocycles. The van der Waals surface area contributed by atoms with Crippen molar-refractivity contribution in [3.8, 4) is 0 Å². The Kier molecular flexibility index (Phi) is 5.70. The summed E-state index contributed by atoms with van der Waals surface area (Å²) in [5, 5.41) is 6.90. The van der Waals surface area contributed by atoms with Gasteiger partial charge in [0.15, 0.2) is 5.96 Å². The van der Waals surface area contributed by atoms with Crippen LogP contribution in [0.4, 0.5) is 0 Å². The third-order valence-corrected chi connectivity index (χ3v) is 4.71. The topological polar surface area (TPSA) is 36.4 Å². The normalized spacial score (nSPS) is 16.8. The summed E-state index contributed by atoms with van der Waals surface area (Å²) in [5.74, 6) is 0.973. The van der Waals surface area contributed by atoms with E-state index in [1.54, 1.807) is 0 Å². The number of rotatable bonds is 5. The third kappa shape index (κ3) is 4.53. The van der Waals surface area contributed by atoms with Crippen molar-refractivity contribution in [1.82, 2.24) is 10.6 Å². The Balaban J connectivity index is 1.90. The lowest BCUT2D eigenvalue weighted by Crippen LogP contribution is -2.42. The Hall–Kier alpha value is -1.03.